The van der Waals surface area contributed by atoms with Crippen LogP contribution in [-0.4, -0.2) is 58.4 Å². The first-order valence-corrected chi connectivity index (χ1v) is 10.0. The summed E-state index contributed by atoms with van der Waals surface area (Å²) in [5.74, 6) is 1.02. The van der Waals surface area contributed by atoms with E-state index < -0.39 is 0 Å². The van der Waals surface area contributed by atoms with Crippen LogP contribution in [0.15, 0.2) is 27.7 Å². The number of hydrogen-bond acceptors (Lipinski definition) is 4. The van der Waals surface area contributed by atoms with Crippen molar-refractivity contribution < 1.29 is 14.3 Å². The molecule has 3 N–H and O–H groups in total. The molecule has 1 aromatic carbocycles. The maximum absolute atomic E-state index is 12.1. The van der Waals surface area contributed by atoms with E-state index in [9.17, 15) is 4.79 Å². The molecule has 2 rings (SSSR count). The van der Waals surface area contributed by atoms with Crippen LogP contribution >= 0.6 is 39.9 Å². The molecule has 0 radical (unpaired) electrons. The Labute approximate surface area is 192 Å². The average Bonchev–Trinajstić information content (AvgIpc) is 3.17. The number of carbonyl (C=O) groups is 1. The highest BCUT2D eigenvalue weighted by Crippen LogP contribution is 2.20. The summed E-state index contributed by atoms with van der Waals surface area (Å²) in [5.41, 5.74) is 1.81. The van der Waals surface area contributed by atoms with Crippen molar-refractivity contribution in [3.63, 3.8) is 0 Å². The lowest BCUT2D eigenvalue weighted by Crippen LogP contribution is -2.41. The van der Waals surface area contributed by atoms with Crippen LogP contribution in [-0.2, 0) is 14.3 Å². The molecule has 1 saturated heterocycles. The Morgan fingerprint density at radius 3 is 2.93 bits per heavy atom. The van der Waals surface area contributed by atoms with Crippen molar-refractivity contribution in [2.45, 2.75) is 19.8 Å². The van der Waals surface area contributed by atoms with E-state index >= 15 is 0 Å². The molecular formula is C19H30BrIN4O3. The van der Waals surface area contributed by atoms with Crippen LogP contribution in [0.2, 0.25) is 0 Å². The van der Waals surface area contributed by atoms with Gasteiger partial charge in [-0.25, -0.2) is 0 Å². The van der Waals surface area contributed by atoms with Crippen molar-refractivity contribution in [3.05, 3.63) is 28.2 Å². The monoisotopic (exact) mass is 568 g/mol. The zero-order valence-electron chi connectivity index (χ0n) is 16.4. The molecule has 158 valence electrons. The van der Waals surface area contributed by atoms with Gasteiger partial charge in [-0.15, -0.1) is 24.0 Å². The second-order valence-corrected chi connectivity index (χ2v) is 7.43. The number of rotatable bonds is 9. The van der Waals surface area contributed by atoms with Gasteiger partial charge in [0, 0.05) is 42.9 Å². The van der Waals surface area contributed by atoms with E-state index in [1.54, 1.807) is 7.05 Å². The summed E-state index contributed by atoms with van der Waals surface area (Å²) >= 11 is 3.41. The molecule has 7 nitrogen and oxygen atoms in total. The number of amides is 1. The highest BCUT2D eigenvalue weighted by atomic mass is 127. The molecule has 1 aliphatic heterocycles. The van der Waals surface area contributed by atoms with Crippen molar-refractivity contribution in [1.29, 1.82) is 0 Å². The number of guanidine groups is 1. The van der Waals surface area contributed by atoms with E-state index in [0.29, 0.717) is 18.5 Å². The molecule has 28 heavy (non-hydrogen) atoms. The predicted molar refractivity (Wildman–Crippen MR) is 127 cm³/mol. The maximum Gasteiger partial charge on any atom is 0.243 e. The number of nitrogens with zero attached hydrogens (tertiary/aromatic N) is 1. The van der Waals surface area contributed by atoms with E-state index in [-0.39, 0.29) is 36.4 Å². The molecule has 0 spiro atoms. The van der Waals surface area contributed by atoms with E-state index in [4.69, 9.17) is 9.47 Å². The second kappa shape index (κ2) is 14.1. The fourth-order valence-electron chi connectivity index (χ4n) is 2.65. The van der Waals surface area contributed by atoms with Crippen molar-refractivity contribution >= 4 is 57.5 Å². The third-order valence-corrected chi connectivity index (χ3v) is 4.74. The van der Waals surface area contributed by atoms with Crippen molar-refractivity contribution in [3.8, 4) is 0 Å². The van der Waals surface area contributed by atoms with Crippen LogP contribution in [0.4, 0.5) is 5.69 Å². The summed E-state index contributed by atoms with van der Waals surface area (Å²) < 4.78 is 11.9. The Morgan fingerprint density at radius 1 is 1.39 bits per heavy atom. The number of anilines is 1. The Morgan fingerprint density at radius 2 is 2.21 bits per heavy atom. The maximum atomic E-state index is 12.1. The van der Waals surface area contributed by atoms with Crippen LogP contribution in [0, 0.1) is 12.8 Å². The Hall–Kier alpha value is -0.910. The van der Waals surface area contributed by atoms with Gasteiger partial charge in [-0.3, -0.25) is 9.79 Å². The quantitative estimate of drug-likeness (QED) is 0.185. The first-order valence-electron chi connectivity index (χ1n) is 9.24. The van der Waals surface area contributed by atoms with Gasteiger partial charge in [-0.1, -0.05) is 22.0 Å². The summed E-state index contributed by atoms with van der Waals surface area (Å²) in [7, 11) is 1.68. The molecule has 1 aromatic rings. The zero-order valence-corrected chi connectivity index (χ0v) is 20.3. The number of carbonyl (C=O) groups excluding carboxylic acids is 1. The predicted octanol–water partition coefficient (Wildman–Crippen LogP) is 2.92. The number of aryl methyl sites for hydroxylation is 1. The van der Waals surface area contributed by atoms with Gasteiger partial charge < -0.3 is 25.4 Å². The molecule has 1 heterocycles. The number of hydrogen-bond donors (Lipinski definition) is 3. The zero-order chi connectivity index (χ0) is 19.5. The summed E-state index contributed by atoms with van der Waals surface area (Å²) in [6, 6.07) is 5.79. The van der Waals surface area contributed by atoms with Gasteiger partial charge in [-0.05, 0) is 37.5 Å². The molecule has 1 unspecified atom stereocenters. The highest BCUT2D eigenvalue weighted by Gasteiger charge is 2.15. The average molecular weight is 569 g/mol. The van der Waals surface area contributed by atoms with E-state index in [1.165, 1.54) is 0 Å². The molecule has 0 aliphatic carbocycles. The van der Waals surface area contributed by atoms with Gasteiger partial charge in [0.2, 0.25) is 5.91 Å². The number of nitrogens with one attached hydrogen (secondary N) is 3. The van der Waals surface area contributed by atoms with E-state index in [1.807, 2.05) is 25.1 Å². The van der Waals surface area contributed by atoms with Crippen LogP contribution in [0.3, 0.4) is 0 Å². The number of halogens is 2. The first kappa shape index (κ1) is 25.1. The molecule has 1 amide bonds. The minimum Gasteiger partial charge on any atom is -0.381 e. The topological polar surface area (TPSA) is 84.0 Å². The Balaban J connectivity index is 0.00000392. The standard InChI is InChI=1S/C19H29BrN4O3.HI/c1-14-4-5-16(20)10-17(14)24-18(25)11-23-19(21-2)22-7-3-8-26-12-15-6-9-27-13-15;/h4-5,10,15H,3,6-9,11-13H2,1-2H3,(H,24,25)(H2,21,22,23);1H. The van der Waals surface area contributed by atoms with Gasteiger partial charge in [0.1, 0.15) is 0 Å². The molecule has 1 atom stereocenters. The van der Waals surface area contributed by atoms with Crippen molar-refractivity contribution in [2.24, 2.45) is 10.9 Å². The third-order valence-electron chi connectivity index (χ3n) is 4.25. The number of ether oxygens (including phenoxy) is 2. The smallest absolute Gasteiger partial charge is 0.243 e. The van der Waals surface area contributed by atoms with Crippen LogP contribution in [0.5, 0.6) is 0 Å². The van der Waals surface area contributed by atoms with E-state index in [2.05, 4.69) is 36.9 Å². The van der Waals surface area contributed by atoms with Crippen LogP contribution in [0.25, 0.3) is 0 Å². The Bertz CT molecular complexity index is 640. The number of aliphatic imine (C=N–C) groups is 1. The lowest BCUT2D eigenvalue weighted by Gasteiger charge is -2.13. The van der Waals surface area contributed by atoms with Gasteiger partial charge in [0.05, 0.1) is 19.8 Å². The third kappa shape index (κ3) is 9.53. The normalized spacial score (nSPS) is 16.4. The lowest BCUT2D eigenvalue weighted by molar-refractivity contribution is -0.115. The molecule has 0 bridgehead atoms. The molecule has 1 aliphatic rings. The Kier molecular flexibility index (Phi) is 12.7. The van der Waals surface area contributed by atoms with Gasteiger partial charge in [0.25, 0.3) is 0 Å². The minimum absolute atomic E-state index is 0. The minimum atomic E-state index is -0.124. The van der Waals surface area contributed by atoms with Crippen molar-refractivity contribution in [1.82, 2.24) is 10.6 Å². The summed E-state index contributed by atoms with van der Waals surface area (Å²) in [6.45, 7) is 5.96. The van der Waals surface area contributed by atoms with Gasteiger partial charge >= 0.3 is 0 Å². The SMILES string of the molecule is CN=C(NCCCOCC1CCOC1)NCC(=O)Nc1cc(Br)ccc1C.I. The summed E-state index contributed by atoms with van der Waals surface area (Å²) in [5, 5.41) is 9.10. The first-order chi connectivity index (χ1) is 13.1. The van der Waals surface area contributed by atoms with Gasteiger partial charge in [-0.2, -0.15) is 0 Å². The molecule has 9 heteroatoms. The molecule has 1 fully saturated rings. The van der Waals surface area contributed by atoms with Crippen LogP contribution in [0.1, 0.15) is 18.4 Å². The van der Waals surface area contributed by atoms with Crippen LogP contribution < -0.4 is 16.0 Å². The molecular weight excluding hydrogens is 539 g/mol. The highest BCUT2D eigenvalue weighted by molar-refractivity contribution is 14.0. The second-order valence-electron chi connectivity index (χ2n) is 6.52. The fourth-order valence-corrected chi connectivity index (χ4v) is 3.01. The summed E-state index contributed by atoms with van der Waals surface area (Å²) in [6.07, 6.45) is 1.97. The van der Waals surface area contributed by atoms with E-state index in [0.717, 1.165) is 54.9 Å². The summed E-state index contributed by atoms with van der Waals surface area (Å²) in [4.78, 5) is 16.3. The largest absolute Gasteiger partial charge is 0.381 e. The van der Waals surface area contributed by atoms with Crippen molar-refractivity contribution in [2.75, 3.05) is 51.9 Å². The molecule has 0 aromatic heterocycles. The fraction of sp³-hybridized carbons (Fsp3) is 0.579. The lowest BCUT2D eigenvalue weighted by atomic mass is 10.1. The molecule has 0 saturated carbocycles. The van der Waals surface area contributed by atoms with Gasteiger partial charge in [0.15, 0.2) is 5.96 Å². The number of benzene rings is 1.